The second-order valence-corrected chi connectivity index (χ2v) is 6.40. The van der Waals surface area contributed by atoms with Crippen LogP contribution in [0.25, 0.3) is 0 Å². The van der Waals surface area contributed by atoms with Crippen molar-refractivity contribution in [2.75, 3.05) is 51.7 Å². The standard InChI is InChI=1S/C17H25N3O2/c1-13-2-3-15(18)10-16(13)17(21)20-7-5-19(6-8-20)11-14-4-9-22-12-14/h2-3,10,14H,4-9,11-12,18H2,1H3. The summed E-state index contributed by atoms with van der Waals surface area (Å²) in [6.07, 6.45) is 1.17. The number of ether oxygens (including phenoxy) is 1. The first-order chi connectivity index (χ1) is 10.6. The molecule has 1 atom stereocenters. The van der Waals surface area contributed by atoms with E-state index in [1.807, 2.05) is 24.0 Å². The Balaban J connectivity index is 1.56. The first-order valence-electron chi connectivity index (χ1n) is 8.09. The highest BCUT2D eigenvalue weighted by atomic mass is 16.5. The zero-order chi connectivity index (χ0) is 15.5. The number of hydrogen-bond acceptors (Lipinski definition) is 4. The van der Waals surface area contributed by atoms with E-state index in [1.54, 1.807) is 6.07 Å². The minimum Gasteiger partial charge on any atom is -0.399 e. The molecule has 2 fully saturated rings. The van der Waals surface area contributed by atoms with Gasteiger partial charge in [-0.3, -0.25) is 9.69 Å². The molecule has 22 heavy (non-hydrogen) atoms. The number of benzene rings is 1. The maximum atomic E-state index is 12.7. The molecule has 2 aliphatic rings. The Morgan fingerprint density at radius 3 is 2.77 bits per heavy atom. The molecule has 5 nitrogen and oxygen atoms in total. The van der Waals surface area contributed by atoms with Gasteiger partial charge in [-0.25, -0.2) is 0 Å². The van der Waals surface area contributed by atoms with Crippen LogP contribution >= 0.6 is 0 Å². The van der Waals surface area contributed by atoms with Crippen molar-refractivity contribution >= 4 is 11.6 Å². The molecule has 2 aliphatic heterocycles. The minimum absolute atomic E-state index is 0.105. The molecule has 1 aromatic carbocycles. The number of carbonyl (C=O) groups excluding carboxylic acids is 1. The number of nitrogens with two attached hydrogens (primary N) is 1. The van der Waals surface area contributed by atoms with Crippen molar-refractivity contribution in [3.05, 3.63) is 29.3 Å². The van der Waals surface area contributed by atoms with Crippen LogP contribution < -0.4 is 5.73 Å². The van der Waals surface area contributed by atoms with Gasteiger partial charge in [-0.05, 0) is 37.0 Å². The van der Waals surface area contributed by atoms with Crippen LogP contribution in [0.3, 0.4) is 0 Å². The predicted molar refractivity (Wildman–Crippen MR) is 86.9 cm³/mol. The fourth-order valence-electron chi connectivity index (χ4n) is 3.27. The first kappa shape index (κ1) is 15.3. The Kier molecular flexibility index (Phi) is 4.64. The summed E-state index contributed by atoms with van der Waals surface area (Å²) in [5.41, 5.74) is 8.19. The fraction of sp³-hybridized carbons (Fsp3) is 0.588. The molecular formula is C17H25N3O2. The molecule has 0 radical (unpaired) electrons. The smallest absolute Gasteiger partial charge is 0.254 e. The molecule has 2 heterocycles. The normalized spacial score (nSPS) is 23.0. The van der Waals surface area contributed by atoms with Crippen molar-refractivity contribution in [1.82, 2.24) is 9.80 Å². The number of hydrogen-bond donors (Lipinski definition) is 1. The summed E-state index contributed by atoms with van der Waals surface area (Å²) >= 11 is 0. The highest BCUT2D eigenvalue weighted by Gasteiger charge is 2.25. The Labute approximate surface area is 132 Å². The number of aryl methyl sites for hydroxylation is 1. The van der Waals surface area contributed by atoms with Crippen molar-refractivity contribution in [1.29, 1.82) is 0 Å². The van der Waals surface area contributed by atoms with Gasteiger partial charge in [0, 0.05) is 50.6 Å². The van der Waals surface area contributed by atoms with Crippen molar-refractivity contribution in [2.24, 2.45) is 5.92 Å². The number of nitrogen functional groups attached to an aromatic ring is 1. The average molecular weight is 303 g/mol. The molecule has 0 bridgehead atoms. The van der Waals surface area contributed by atoms with Crippen LogP contribution in [0.15, 0.2) is 18.2 Å². The van der Waals surface area contributed by atoms with E-state index in [9.17, 15) is 4.79 Å². The number of rotatable bonds is 3. The Hall–Kier alpha value is -1.59. The predicted octanol–water partition coefficient (Wildman–Crippen LogP) is 1.37. The van der Waals surface area contributed by atoms with Gasteiger partial charge >= 0.3 is 0 Å². The summed E-state index contributed by atoms with van der Waals surface area (Å²) in [5, 5.41) is 0. The number of nitrogens with zero attached hydrogens (tertiary/aromatic N) is 2. The lowest BCUT2D eigenvalue weighted by Gasteiger charge is -2.36. The molecule has 5 heteroatoms. The number of carbonyl (C=O) groups is 1. The van der Waals surface area contributed by atoms with Crippen molar-refractivity contribution in [3.63, 3.8) is 0 Å². The lowest BCUT2D eigenvalue weighted by atomic mass is 10.1. The molecule has 1 aromatic rings. The van der Waals surface area contributed by atoms with Crippen LogP contribution in [0, 0.1) is 12.8 Å². The summed E-state index contributed by atoms with van der Waals surface area (Å²) in [6.45, 7) is 8.33. The summed E-state index contributed by atoms with van der Waals surface area (Å²) in [6, 6.07) is 5.55. The SMILES string of the molecule is Cc1ccc(N)cc1C(=O)N1CCN(CC2CCOC2)CC1. The second kappa shape index (κ2) is 6.67. The van der Waals surface area contributed by atoms with E-state index < -0.39 is 0 Å². The number of amides is 1. The Bertz CT molecular complexity index is 533. The maximum Gasteiger partial charge on any atom is 0.254 e. The highest BCUT2D eigenvalue weighted by Crippen LogP contribution is 2.18. The molecule has 2 saturated heterocycles. The van der Waals surface area contributed by atoms with Crippen molar-refractivity contribution in [3.8, 4) is 0 Å². The molecule has 1 amide bonds. The molecule has 3 rings (SSSR count). The van der Waals surface area contributed by atoms with E-state index in [-0.39, 0.29) is 5.91 Å². The molecule has 1 unspecified atom stereocenters. The van der Waals surface area contributed by atoms with Gasteiger partial charge in [0.25, 0.3) is 5.91 Å². The fourth-order valence-corrected chi connectivity index (χ4v) is 3.27. The van der Waals surface area contributed by atoms with Crippen LogP contribution in [-0.2, 0) is 4.74 Å². The molecule has 120 valence electrons. The molecule has 0 spiro atoms. The van der Waals surface area contributed by atoms with Gasteiger partial charge < -0.3 is 15.4 Å². The van der Waals surface area contributed by atoms with Gasteiger partial charge in [0.1, 0.15) is 0 Å². The minimum atomic E-state index is 0.105. The highest BCUT2D eigenvalue weighted by molar-refractivity contribution is 5.96. The average Bonchev–Trinajstić information content (AvgIpc) is 3.03. The maximum absolute atomic E-state index is 12.7. The van der Waals surface area contributed by atoms with Crippen molar-refractivity contribution < 1.29 is 9.53 Å². The summed E-state index contributed by atoms with van der Waals surface area (Å²) < 4.78 is 5.44. The lowest BCUT2D eigenvalue weighted by molar-refractivity contribution is 0.0610. The summed E-state index contributed by atoms with van der Waals surface area (Å²) in [7, 11) is 0. The van der Waals surface area contributed by atoms with E-state index in [2.05, 4.69) is 4.90 Å². The quantitative estimate of drug-likeness (QED) is 0.857. The van der Waals surface area contributed by atoms with Crippen LogP contribution in [0.2, 0.25) is 0 Å². The lowest BCUT2D eigenvalue weighted by Crippen LogP contribution is -2.50. The van der Waals surface area contributed by atoms with Gasteiger partial charge in [0.15, 0.2) is 0 Å². The number of anilines is 1. The topological polar surface area (TPSA) is 58.8 Å². The monoisotopic (exact) mass is 303 g/mol. The first-order valence-corrected chi connectivity index (χ1v) is 8.09. The van der Waals surface area contributed by atoms with E-state index >= 15 is 0 Å². The molecule has 2 N–H and O–H groups in total. The zero-order valence-electron chi connectivity index (χ0n) is 13.3. The third-order valence-corrected chi connectivity index (χ3v) is 4.69. The van der Waals surface area contributed by atoms with E-state index in [1.165, 1.54) is 6.42 Å². The van der Waals surface area contributed by atoms with Gasteiger partial charge in [-0.1, -0.05) is 6.07 Å². The van der Waals surface area contributed by atoms with Gasteiger partial charge in [0.05, 0.1) is 6.61 Å². The second-order valence-electron chi connectivity index (χ2n) is 6.40. The molecule has 0 saturated carbocycles. The van der Waals surface area contributed by atoms with Crippen LogP contribution in [0.5, 0.6) is 0 Å². The van der Waals surface area contributed by atoms with Gasteiger partial charge in [-0.15, -0.1) is 0 Å². The van der Waals surface area contributed by atoms with Gasteiger partial charge in [-0.2, -0.15) is 0 Å². The van der Waals surface area contributed by atoms with E-state index in [0.29, 0.717) is 11.6 Å². The van der Waals surface area contributed by atoms with Crippen LogP contribution in [-0.4, -0.2) is 61.6 Å². The van der Waals surface area contributed by atoms with Crippen LogP contribution in [0.4, 0.5) is 5.69 Å². The molecular weight excluding hydrogens is 278 g/mol. The molecule has 0 aromatic heterocycles. The van der Waals surface area contributed by atoms with Crippen LogP contribution in [0.1, 0.15) is 22.3 Å². The summed E-state index contributed by atoms with van der Waals surface area (Å²) in [4.78, 5) is 17.1. The number of piperazine rings is 1. The van der Waals surface area contributed by atoms with E-state index in [4.69, 9.17) is 10.5 Å². The van der Waals surface area contributed by atoms with Crippen molar-refractivity contribution in [2.45, 2.75) is 13.3 Å². The van der Waals surface area contributed by atoms with E-state index in [0.717, 1.165) is 57.1 Å². The zero-order valence-corrected chi connectivity index (χ0v) is 13.3. The Morgan fingerprint density at radius 2 is 2.09 bits per heavy atom. The third kappa shape index (κ3) is 3.42. The van der Waals surface area contributed by atoms with Gasteiger partial charge in [0.2, 0.25) is 0 Å². The largest absolute Gasteiger partial charge is 0.399 e. The Morgan fingerprint density at radius 1 is 1.32 bits per heavy atom. The molecule has 0 aliphatic carbocycles. The summed E-state index contributed by atoms with van der Waals surface area (Å²) in [5.74, 6) is 0.770. The third-order valence-electron chi connectivity index (χ3n) is 4.69.